The van der Waals surface area contributed by atoms with E-state index in [4.69, 9.17) is 0 Å². The topological polar surface area (TPSA) is 12.0 Å². The lowest BCUT2D eigenvalue weighted by Crippen LogP contribution is -2.16. The third kappa shape index (κ3) is 1.79. The van der Waals surface area contributed by atoms with Gasteiger partial charge in [0, 0.05) is 7.05 Å². The number of rotatable bonds is 1. The van der Waals surface area contributed by atoms with Gasteiger partial charge in [0.25, 0.3) is 0 Å². The SMILES string of the molecule is CNc1c(F)c(F)c(C(F)(F)F)c(F)c1F. The third-order valence-electron chi connectivity index (χ3n) is 1.80. The predicted octanol–water partition coefficient (Wildman–Crippen LogP) is 3.30. The molecule has 0 amide bonds. The fourth-order valence-electron chi connectivity index (χ4n) is 1.10. The fraction of sp³-hybridized carbons (Fsp3) is 0.250. The summed E-state index contributed by atoms with van der Waals surface area (Å²) < 4.78 is 87.7. The lowest BCUT2D eigenvalue weighted by atomic mass is 10.1. The molecule has 0 radical (unpaired) electrons. The molecule has 0 spiro atoms. The Kier molecular flexibility index (Phi) is 3.02. The summed E-state index contributed by atoms with van der Waals surface area (Å²) in [7, 11) is 0.910. The zero-order valence-electron chi connectivity index (χ0n) is 7.65. The summed E-state index contributed by atoms with van der Waals surface area (Å²) in [6, 6.07) is 0. The highest BCUT2D eigenvalue weighted by molar-refractivity contribution is 5.49. The van der Waals surface area contributed by atoms with Crippen LogP contribution in [0.3, 0.4) is 0 Å². The molecule has 0 saturated heterocycles. The van der Waals surface area contributed by atoms with Gasteiger partial charge in [-0.05, 0) is 0 Å². The van der Waals surface area contributed by atoms with E-state index in [-0.39, 0.29) is 0 Å². The van der Waals surface area contributed by atoms with Crippen molar-refractivity contribution in [1.29, 1.82) is 0 Å². The molecule has 0 heterocycles. The molecule has 90 valence electrons. The van der Waals surface area contributed by atoms with Crippen molar-refractivity contribution < 1.29 is 30.7 Å². The molecule has 0 unspecified atom stereocenters. The van der Waals surface area contributed by atoms with Gasteiger partial charge in [0.2, 0.25) is 0 Å². The van der Waals surface area contributed by atoms with Gasteiger partial charge in [0.1, 0.15) is 11.3 Å². The molecule has 0 bridgehead atoms. The van der Waals surface area contributed by atoms with Crippen molar-refractivity contribution in [3.8, 4) is 0 Å². The van der Waals surface area contributed by atoms with Crippen LogP contribution in [0, 0.1) is 23.3 Å². The third-order valence-corrected chi connectivity index (χ3v) is 1.80. The number of halogens is 7. The molecule has 0 aliphatic rings. The number of hydrogen-bond acceptors (Lipinski definition) is 1. The summed E-state index contributed by atoms with van der Waals surface area (Å²) in [4.78, 5) is 0. The number of alkyl halides is 3. The van der Waals surface area contributed by atoms with Gasteiger partial charge >= 0.3 is 6.18 Å². The highest BCUT2D eigenvalue weighted by atomic mass is 19.4. The van der Waals surface area contributed by atoms with Gasteiger partial charge in [-0.1, -0.05) is 0 Å². The normalized spacial score (nSPS) is 11.8. The summed E-state index contributed by atoms with van der Waals surface area (Å²) in [5, 5.41) is 1.73. The van der Waals surface area contributed by atoms with E-state index in [0.717, 1.165) is 7.05 Å². The largest absolute Gasteiger partial charge is 0.422 e. The maximum absolute atomic E-state index is 12.9. The van der Waals surface area contributed by atoms with Crippen molar-refractivity contribution in [3.05, 3.63) is 28.8 Å². The number of anilines is 1. The monoisotopic (exact) mass is 247 g/mol. The minimum Gasteiger partial charge on any atom is -0.383 e. The summed E-state index contributed by atoms with van der Waals surface area (Å²) in [6.45, 7) is 0. The first-order valence-corrected chi connectivity index (χ1v) is 3.82. The second-order valence-corrected chi connectivity index (χ2v) is 2.75. The molecular formula is C8H4F7N. The Hall–Kier alpha value is -1.47. The van der Waals surface area contributed by atoms with E-state index in [1.165, 1.54) is 0 Å². The summed E-state index contributed by atoms with van der Waals surface area (Å²) in [5.74, 6) is -9.19. The average Bonchev–Trinajstić information content (AvgIpc) is 2.14. The molecule has 16 heavy (non-hydrogen) atoms. The van der Waals surface area contributed by atoms with E-state index in [0.29, 0.717) is 0 Å². The van der Waals surface area contributed by atoms with E-state index >= 15 is 0 Å². The second-order valence-electron chi connectivity index (χ2n) is 2.75. The predicted molar refractivity (Wildman–Crippen MR) is 40.8 cm³/mol. The molecule has 1 aromatic rings. The van der Waals surface area contributed by atoms with E-state index in [9.17, 15) is 30.7 Å². The van der Waals surface area contributed by atoms with Crippen molar-refractivity contribution in [2.45, 2.75) is 6.18 Å². The average molecular weight is 247 g/mol. The lowest BCUT2D eigenvalue weighted by molar-refractivity contribution is -0.143. The molecule has 1 nitrogen and oxygen atoms in total. The van der Waals surface area contributed by atoms with Gasteiger partial charge < -0.3 is 5.32 Å². The van der Waals surface area contributed by atoms with E-state index in [1.54, 1.807) is 5.32 Å². The van der Waals surface area contributed by atoms with Gasteiger partial charge in [0.15, 0.2) is 23.3 Å². The van der Waals surface area contributed by atoms with Crippen LogP contribution in [-0.4, -0.2) is 7.05 Å². The maximum atomic E-state index is 12.9. The first-order chi connectivity index (χ1) is 7.21. The van der Waals surface area contributed by atoms with Crippen LogP contribution in [0.15, 0.2) is 0 Å². The van der Waals surface area contributed by atoms with Crippen molar-refractivity contribution in [2.24, 2.45) is 0 Å². The van der Waals surface area contributed by atoms with Crippen LogP contribution in [0.4, 0.5) is 36.4 Å². The van der Waals surface area contributed by atoms with Crippen molar-refractivity contribution >= 4 is 5.69 Å². The molecule has 0 aromatic heterocycles. The summed E-state index contributed by atoms with van der Waals surface area (Å²) in [6.07, 6.45) is -5.51. The van der Waals surface area contributed by atoms with Crippen molar-refractivity contribution in [2.75, 3.05) is 12.4 Å². The highest BCUT2D eigenvalue weighted by Gasteiger charge is 2.42. The molecule has 8 heteroatoms. The van der Waals surface area contributed by atoms with Crippen LogP contribution in [-0.2, 0) is 6.18 Å². The Morgan fingerprint density at radius 2 is 1.19 bits per heavy atom. The molecule has 0 aliphatic heterocycles. The summed E-state index contributed by atoms with van der Waals surface area (Å²) >= 11 is 0. The second kappa shape index (κ2) is 3.84. The Labute approximate surface area is 84.9 Å². The lowest BCUT2D eigenvalue weighted by Gasteiger charge is -2.13. The van der Waals surface area contributed by atoms with Crippen LogP contribution in [0.1, 0.15) is 5.56 Å². The van der Waals surface area contributed by atoms with Gasteiger partial charge in [-0.25, -0.2) is 17.6 Å². The van der Waals surface area contributed by atoms with Crippen LogP contribution in [0.2, 0.25) is 0 Å². The zero-order valence-corrected chi connectivity index (χ0v) is 7.65. The minimum absolute atomic E-state index is 0.910. The molecule has 0 aliphatic carbocycles. The van der Waals surface area contributed by atoms with Crippen molar-refractivity contribution in [3.63, 3.8) is 0 Å². The first-order valence-electron chi connectivity index (χ1n) is 3.82. The van der Waals surface area contributed by atoms with Crippen LogP contribution in [0.5, 0.6) is 0 Å². The van der Waals surface area contributed by atoms with Crippen LogP contribution in [0.25, 0.3) is 0 Å². The van der Waals surface area contributed by atoms with Crippen LogP contribution >= 0.6 is 0 Å². The van der Waals surface area contributed by atoms with Crippen LogP contribution < -0.4 is 5.32 Å². The van der Waals surface area contributed by atoms with Gasteiger partial charge in [0.05, 0.1) is 0 Å². The van der Waals surface area contributed by atoms with Crippen molar-refractivity contribution in [1.82, 2.24) is 0 Å². The Morgan fingerprint density at radius 1 is 0.812 bits per heavy atom. The fourth-order valence-corrected chi connectivity index (χ4v) is 1.10. The molecule has 1 rings (SSSR count). The minimum atomic E-state index is -5.51. The van der Waals surface area contributed by atoms with E-state index in [2.05, 4.69) is 0 Å². The zero-order chi connectivity index (χ0) is 12.7. The standard InChI is InChI=1S/C8H4F7N/c1-16-7-5(11)3(9)2(8(13,14)15)4(10)6(7)12/h16H,1H3. The first kappa shape index (κ1) is 12.6. The maximum Gasteiger partial charge on any atom is 0.422 e. The Bertz CT molecular complexity index is 394. The van der Waals surface area contributed by atoms with Gasteiger partial charge in [-0.3, -0.25) is 0 Å². The Balaban J connectivity index is 3.67. The van der Waals surface area contributed by atoms with E-state index < -0.39 is 40.7 Å². The smallest absolute Gasteiger partial charge is 0.383 e. The quantitative estimate of drug-likeness (QED) is 0.593. The number of nitrogens with one attached hydrogen (secondary N) is 1. The van der Waals surface area contributed by atoms with Gasteiger partial charge in [-0.2, -0.15) is 13.2 Å². The highest BCUT2D eigenvalue weighted by Crippen LogP contribution is 2.38. The summed E-state index contributed by atoms with van der Waals surface area (Å²) in [5.41, 5.74) is -3.87. The molecule has 0 atom stereocenters. The molecule has 1 aromatic carbocycles. The molecule has 0 fully saturated rings. The van der Waals surface area contributed by atoms with E-state index in [1.807, 2.05) is 0 Å². The molecule has 1 N–H and O–H groups in total. The molecule has 0 saturated carbocycles. The number of hydrogen-bond donors (Lipinski definition) is 1. The molecular weight excluding hydrogens is 243 g/mol. The Morgan fingerprint density at radius 3 is 1.44 bits per heavy atom. The van der Waals surface area contributed by atoms with Gasteiger partial charge in [-0.15, -0.1) is 0 Å². The number of benzene rings is 1.